The Morgan fingerprint density at radius 3 is 2.26 bits per heavy atom. The molecule has 1 aliphatic heterocycles. The highest BCUT2D eigenvalue weighted by molar-refractivity contribution is 5.85. The minimum absolute atomic E-state index is 0.0188. The Labute approximate surface area is 205 Å². The summed E-state index contributed by atoms with van der Waals surface area (Å²) in [5.74, 6) is -0.221. The van der Waals surface area contributed by atoms with Gasteiger partial charge in [-0.05, 0) is 31.0 Å². The monoisotopic (exact) mass is 470 g/mol. The van der Waals surface area contributed by atoms with E-state index in [1.807, 2.05) is 49.6 Å². The van der Waals surface area contributed by atoms with E-state index in [-0.39, 0.29) is 11.9 Å². The molecule has 2 unspecified atom stereocenters. The first kappa shape index (κ1) is 22.7. The van der Waals surface area contributed by atoms with Crippen molar-refractivity contribution in [1.29, 1.82) is 0 Å². The Morgan fingerprint density at radius 2 is 1.60 bits per heavy atom. The fourth-order valence-electron chi connectivity index (χ4n) is 4.97. The molecule has 0 saturated heterocycles. The second-order valence-corrected chi connectivity index (χ2v) is 8.80. The molecule has 0 bridgehead atoms. The van der Waals surface area contributed by atoms with Crippen LogP contribution >= 0.6 is 0 Å². The molecule has 2 aromatic carbocycles. The summed E-state index contributed by atoms with van der Waals surface area (Å²) in [4.78, 5) is 33.0. The standard InChI is InChI=1S/C27H30N6O2/c1-2-35-27(34)26-21(12-20-8-4-3-5-9-20)15-32(16-22-13-28-18-30-22)24-10-6-7-11-25(24)33(26)17-23-14-29-19-31-23/h3-11,13-14,18-19,21,26H,2,12,15-17H2,1H3,(H,28,30)(H,29,31). The van der Waals surface area contributed by atoms with Gasteiger partial charge in [-0.3, -0.25) is 0 Å². The van der Waals surface area contributed by atoms with Crippen molar-refractivity contribution in [3.8, 4) is 0 Å². The number of H-pyrrole nitrogens is 2. The summed E-state index contributed by atoms with van der Waals surface area (Å²) >= 11 is 0. The molecule has 0 aliphatic carbocycles. The molecule has 0 amide bonds. The maximum absolute atomic E-state index is 13.6. The van der Waals surface area contributed by atoms with E-state index in [1.165, 1.54) is 5.56 Å². The van der Waals surface area contributed by atoms with Gasteiger partial charge in [0.1, 0.15) is 6.04 Å². The van der Waals surface area contributed by atoms with Crippen LogP contribution < -0.4 is 9.80 Å². The van der Waals surface area contributed by atoms with Gasteiger partial charge in [-0.2, -0.15) is 0 Å². The Morgan fingerprint density at radius 1 is 0.943 bits per heavy atom. The lowest BCUT2D eigenvalue weighted by molar-refractivity contribution is -0.146. The van der Waals surface area contributed by atoms with Crippen molar-refractivity contribution in [2.45, 2.75) is 32.5 Å². The molecule has 2 aromatic heterocycles. The minimum atomic E-state index is -0.466. The summed E-state index contributed by atoms with van der Waals surface area (Å²) in [5.41, 5.74) is 5.23. The lowest BCUT2D eigenvalue weighted by Crippen LogP contribution is -2.49. The fourth-order valence-corrected chi connectivity index (χ4v) is 4.97. The second-order valence-electron chi connectivity index (χ2n) is 8.80. The average molecular weight is 471 g/mol. The summed E-state index contributed by atoms with van der Waals surface area (Å²) in [6, 6.07) is 18.2. The molecule has 5 rings (SSSR count). The van der Waals surface area contributed by atoms with Crippen molar-refractivity contribution < 1.29 is 9.53 Å². The van der Waals surface area contributed by atoms with Gasteiger partial charge >= 0.3 is 5.97 Å². The zero-order valence-electron chi connectivity index (χ0n) is 19.8. The van der Waals surface area contributed by atoms with Gasteiger partial charge in [-0.15, -0.1) is 0 Å². The molecule has 2 N–H and O–H groups in total. The summed E-state index contributed by atoms with van der Waals surface area (Å²) in [5, 5.41) is 0. The van der Waals surface area contributed by atoms with Crippen LogP contribution in [-0.4, -0.2) is 45.1 Å². The number of esters is 1. The predicted molar refractivity (Wildman–Crippen MR) is 135 cm³/mol. The third-order valence-corrected chi connectivity index (χ3v) is 6.45. The van der Waals surface area contributed by atoms with Crippen molar-refractivity contribution in [2.24, 2.45) is 5.92 Å². The van der Waals surface area contributed by atoms with Gasteiger partial charge in [0.25, 0.3) is 0 Å². The van der Waals surface area contributed by atoms with E-state index in [0.29, 0.717) is 26.2 Å². The molecule has 4 aromatic rings. The van der Waals surface area contributed by atoms with E-state index in [2.05, 4.69) is 54.0 Å². The highest BCUT2D eigenvalue weighted by Crippen LogP contribution is 2.39. The van der Waals surface area contributed by atoms with E-state index in [4.69, 9.17) is 4.74 Å². The zero-order valence-corrected chi connectivity index (χ0v) is 19.8. The van der Waals surface area contributed by atoms with Gasteiger partial charge in [0, 0.05) is 24.9 Å². The van der Waals surface area contributed by atoms with Crippen molar-refractivity contribution in [3.05, 3.63) is 96.6 Å². The molecule has 8 heteroatoms. The molecule has 8 nitrogen and oxygen atoms in total. The van der Waals surface area contributed by atoms with Crippen LogP contribution in [0.5, 0.6) is 0 Å². The molecular formula is C27H30N6O2. The Kier molecular flexibility index (Phi) is 6.79. The molecule has 1 aliphatic rings. The van der Waals surface area contributed by atoms with Crippen molar-refractivity contribution in [3.63, 3.8) is 0 Å². The van der Waals surface area contributed by atoms with Crippen molar-refractivity contribution in [1.82, 2.24) is 19.9 Å². The minimum Gasteiger partial charge on any atom is -0.464 e. The van der Waals surface area contributed by atoms with E-state index in [1.54, 1.807) is 12.7 Å². The Bertz CT molecular complexity index is 1210. The largest absolute Gasteiger partial charge is 0.464 e. The SMILES string of the molecule is CCOC(=O)C1C(Cc2ccccc2)CN(Cc2cnc[nH]2)c2ccccc2N1Cc1cnc[nH]1. The summed E-state index contributed by atoms with van der Waals surface area (Å²) in [6.45, 7) is 4.07. The van der Waals surface area contributed by atoms with Gasteiger partial charge < -0.3 is 24.5 Å². The molecule has 0 radical (unpaired) electrons. The highest BCUT2D eigenvalue weighted by Gasteiger charge is 2.40. The maximum atomic E-state index is 13.6. The molecular weight excluding hydrogens is 440 g/mol. The number of hydrogen-bond donors (Lipinski definition) is 2. The Hall–Kier alpha value is -4.07. The number of ether oxygens (including phenoxy) is 1. The predicted octanol–water partition coefficient (Wildman–Crippen LogP) is 3.95. The summed E-state index contributed by atoms with van der Waals surface area (Å²) in [7, 11) is 0. The number of fused-ring (bicyclic) bond motifs is 1. The van der Waals surface area contributed by atoms with Gasteiger partial charge in [-0.25, -0.2) is 14.8 Å². The topological polar surface area (TPSA) is 90.1 Å². The van der Waals surface area contributed by atoms with E-state index >= 15 is 0 Å². The lowest BCUT2D eigenvalue weighted by Gasteiger charge is -2.35. The smallest absolute Gasteiger partial charge is 0.329 e. The number of nitrogens with one attached hydrogen (secondary N) is 2. The number of carbonyl (C=O) groups is 1. The normalized spacial score (nSPS) is 17.6. The first-order chi connectivity index (χ1) is 17.2. The molecule has 3 heterocycles. The second kappa shape index (κ2) is 10.5. The molecule has 0 saturated carbocycles. The van der Waals surface area contributed by atoms with Crippen molar-refractivity contribution in [2.75, 3.05) is 23.0 Å². The Balaban J connectivity index is 1.62. The number of rotatable bonds is 8. The first-order valence-corrected chi connectivity index (χ1v) is 12.0. The quantitative estimate of drug-likeness (QED) is 0.379. The number of imidazole rings is 2. The molecule has 180 valence electrons. The zero-order chi connectivity index (χ0) is 24.0. The first-order valence-electron chi connectivity index (χ1n) is 12.0. The average Bonchev–Trinajstić information content (AvgIpc) is 3.56. The number of para-hydroxylation sites is 2. The number of nitrogens with zero attached hydrogens (tertiary/aromatic N) is 4. The van der Waals surface area contributed by atoms with Crippen LogP contribution in [0.4, 0.5) is 11.4 Å². The number of aromatic nitrogens is 4. The van der Waals surface area contributed by atoms with Crippen LogP contribution in [0.25, 0.3) is 0 Å². The number of hydrogen-bond acceptors (Lipinski definition) is 6. The number of aromatic amines is 2. The van der Waals surface area contributed by atoms with E-state index in [0.717, 1.165) is 29.2 Å². The third kappa shape index (κ3) is 5.06. The number of anilines is 2. The fraction of sp³-hybridized carbons (Fsp3) is 0.296. The molecule has 0 fully saturated rings. The van der Waals surface area contributed by atoms with Crippen LogP contribution in [-0.2, 0) is 29.0 Å². The van der Waals surface area contributed by atoms with E-state index < -0.39 is 6.04 Å². The third-order valence-electron chi connectivity index (χ3n) is 6.45. The van der Waals surface area contributed by atoms with E-state index in [9.17, 15) is 4.79 Å². The van der Waals surface area contributed by atoms with Gasteiger partial charge in [0.2, 0.25) is 0 Å². The van der Waals surface area contributed by atoms with Gasteiger partial charge in [-0.1, -0.05) is 42.5 Å². The van der Waals surface area contributed by atoms with Crippen LogP contribution in [0, 0.1) is 5.92 Å². The van der Waals surface area contributed by atoms with Crippen LogP contribution in [0.3, 0.4) is 0 Å². The molecule has 35 heavy (non-hydrogen) atoms. The number of benzene rings is 2. The van der Waals surface area contributed by atoms with Gasteiger partial charge in [0.05, 0.1) is 55.1 Å². The maximum Gasteiger partial charge on any atom is 0.329 e. The van der Waals surface area contributed by atoms with Crippen LogP contribution in [0.2, 0.25) is 0 Å². The van der Waals surface area contributed by atoms with Crippen molar-refractivity contribution >= 4 is 17.3 Å². The summed E-state index contributed by atoms with van der Waals surface area (Å²) in [6.07, 6.45) is 7.78. The molecule has 2 atom stereocenters. The molecule has 0 spiro atoms. The summed E-state index contributed by atoms with van der Waals surface area (Å²) < 4.78 is 5.67. The lowest BCUT2D eigenvalue weighted by atomic mass is 9.90. The van der Waals surface area contributed by atoms with Gasteiger partial charge in [0.15, 0.2) is 0 Å². The highest BCUT2D eigenvalue weighted by atomic mass is 16.5. The number of carbonyl (C=O) groups excluding carboxylic acids is 1. The van der Waals surface area contributed by atoms with Crippen LogP contribution in [0.15, 0.2) is 79.6 Å². The van der Waals surface area contributed by atoms with Crippen LogP contribution in [0.1, 0.15) is 23.9 Å².